The van der Waals surface area contributed by atoms with E-state index in [1.54, 1.807) is 0 Å². The monoisotopic (exact) mass is 188 g/mol. The Morgan fingerprint density at radius 2 is 2.00 bits per heavy atom. The van der Waals surface area contributed by atoms with Gasteiger partial charge in [0.2, 0.25) is 0 Å². The molecule has 0 saturated heterocycles. The highest BCUT2D eigenvalue weighted by Gasteiger charge is 2.25. The van der Waals surface area contributed by atoms with E-state index < -0.39 is 7.60 Å². The zero-order valence-electron chi connectivity index (χ0n) is 6.80. The summed E-state index contributed by atoms with van der Waals surface area (Å²) >= 11 is 0. The fourth-order valence-electron chi connectivity index (χ4n) is 0.694. The minimum Gasteiger partial charge on any atom is -0.307 e. The predicted octanol–water partition coefficient (Wildman–Crippen LogP) is 0.588. The van der Waals surface area contributed by atoms with Crippen LogP contribution in [0.2, 0.25) is 0 Å². The Morgan fingerprint density at radius 3 is 2.42 bits per heavy atom. The predicted molar refractivity (Wildman–Crippen MR) is 43.3 cm³/mol. The van der Waals surface area contributed by atoms with Crippen molar-refractivity contribution in [3.63, 3.8) is 0 Å². The molecule has 0 amide bonds. The topological polar surface area (TPSA) is 61.3 Å². The maximum atomic E-state index is 11.6. The Morgan fingerprint density at radius 1 is 1.33 bits per heavy atom. The van der Waals surface area contributed by atoms with Gasteiger partial charge in [-0.2, -0.15) is 0 Å². The molecule has 0 aliphatic rings. The average Bonchev–Trinajstić information content (AvgIpc) is 2.18. The van der Waals surface area contributed by atoms with Gasteiger partial charge in [0.15, 0.2) is 5.44 Å². The van der Waals surface area contributed by atoms with Crippen molar-refractivity contribution in [3.05, 3.63) is 18.6 Å². The van der Waals surface area contributed by atoms with Crippen LogP contribution in [0, 0.1) is 0 Å². The normalized spacial score (nSPS) is 11.5. The maximum Gasteiger partial charge on any atom is 0.380 e. The lowest BCUT2D eigenvalue weighted by molar-refractivity contribution is 0.286. The number of hydrogen-bond donors (Lipinski definition) is 0. The molecule has 66 valence electrons. The van der Waals surface area contributed by atoms with Gasteiger partial charge in [0, 0.05) is 26.6 Å². The van der Waals surface area contributed by atoms with E-state index in [0.717, 1.165) is 0 Å². The van der Waals surface area contributed by atoms with Crippen molar-refractivity contribution in [1.29, 1.82) is 0 Å². The fourth-order valence-corrected chi connectivity index (χ4v) is 1.63. The van der Waals surface area contributed by atoms with Gasteiger partial charge in [0.1, 0.15) is 0 Å². The molecule has 1 aromatic rings. The van der Waals surface area contributed by atoms with Crippen LogP contribution in [-0.4, -0.2) is 24.2 Å². The van der Waals surface area contributed by atoms with Gasteiger partial charge in [0.25, 0.3) is 0 Å². The van der Waals surface area contributed by atoms with Gasteiger partial charge in [-0.05, 0) is 0 Å². The summed E-state index contributed by atoms with van der Waals surface area (Å²) < 4.78 is 21.0. The molecule has 1 aromatic heterocycles. The number of hydrogen-bond acceptors (Lipinski definition) is 5. The highest BCUT2D eigenvalue weighted by Crippen LogP contribution is 2.43. The van der Waals surface area contributed by atoms with Gasteiger partial charge in [-0.25, -0.2) is 4.98 Å². The summed E-state index contributed by atoms with van der Waals surface area (Å²) in [5, 5.41) is 0. The van der Waals surface area contributed by atoms with Crippen LogP contribution in [0.5, 0.6) is 0 Å². The molecule has 0 saturated carbocycles. The summed E-state index contributed by atoms with van der Waals surface area (Å²) in [5.41, 5.74) is 0.218. The molecule has 0 aliphatic heterocycles. The van der Waals surface area contributed by atoms with Crippen LogP contribution in [-0.2, 0) is 13.6 Å². The molecule has 6 heteroatoms. The quantitative estimate of drug-likeness (QED) is 0.649. The zero-order valence-corrected chi connectivity index (χ0v) is 7.69. The summed E-state index contributed by atoms with van der Waals surface area (Å²) in [6.07, 6.45) is 4.27. The molecule has 0 unspecified atom stereocenters. The van der Waals surface area contributed by atoms with Crippen LogP contribution in [0.4, 0.5) is 0 Å². The highest BCUT2D eigenvalue weighted by molar-refractivity contribution is 7.61. The molecule has 0 bridgehead atoms. The third-order valence-corrected chi connectivity index (χ3v) is 3.06. The first kappa shape index (κ1) is 9.32. The van der Waals surface area contributed by atoms with E-state index in [4.69, 9.17) is 9.05 Å². The second-order valence-corrected chi connectivity index (χ2v) is 4.11. The summed E-state index contributed by atoms with van der Waals surface area (Å²) in [6.45, 7) is 0. The molecule has 5 nitrogen and oxygen atoms in total. The Labute approximate surface area is 70.3 Å². The summed E-state index contributed by atoms with van der Waals surface area (Å²) in [7, 11) is -0.598. The molecule has 1 rings (SSSR count). The first-order valence-electron chi connectivity index (χ1n) is 3.21. The van der Waals surface area contributed by atoms with E-state index in [1.807, 2.05) is 0 Å². The Hall–Kier alpha value is -0.770. The SMILES string of the molecule is COP(=O)(OC)c1cnccn1. The molecule has 0 aromatic carbocycles. The standard InChI is InChI=1S/C6H9N2O3P/c1-10-12(9,11-2)6-5-7-3-4-8-6/h3-5H,1-2H3. The van der Waals surface area contributed by atoms with Crippen LogP contribution < -0.4 is 5.44 Å². The Bertz CT molecular complexity index is 282. The van der Waals surface area contributed by atoms with Crippen molar-refractivity contribution < 1.29 is 13.6 Å². The third-order valence-electron chi connectivity index (χ3n) is 1.31. The minimum atomic E-state index is -3.21. The van der Waals surface area contributed by atoms with Crippen molar-refractivity contribution in [2.24, 2.45) is 0 Å². The molecular weight excluding hydrogens is 179 g/mol. The van der Waals surface area contributed by atoms with Crippen molar-refractivity contribution >= 4 is 13.0 Å². The average molecular weight is 188 g/mol. The van der Waals surface area contributed by atoms with Crippen LogP contribution >= 0.6 is 7.60 Å². The summed E-state index contributed by atoms with van der Waals surface area (Å²) in [4.78, 5) is 7.57. The van der Waals surface area contributed by atoms with Gasteiger partial charge >= 0.3 is 7.60 Å². The molecule has 0 radical (unpaired) electrons. The lowest BCUT2D eigenvalue weighted by Crippen LogP contribution is -2.11. The minimum absolute atomic E-state index is 0.218. The van der Waals surface area contributed by atoms with Gasteiger partial charge in [-0.1, -0.05) is 0 Å². The molecule has 0 atom stereocenters. The van der Waals surface area contributed by atoms with Crippen LogP contribution in [0.1, 0.15) is 0 Å². The second kappa shape index (κ2) is 3.76. The first-order valence-corrected chi connectivity index (χ1v) is 4.75. The lowest BCUT2D eigenvalue weighted by Gasteiger charge is -2.10. The Kier molecular flexibility index (Phi) is 2.92. The fraction of sp³-hybridized carbons (Fsp3) is 0.333. The van der Waals surface area contributed by atoms with Gasteiger partial charge < -0.3 is 9.05 Å². The van der Waals surface area contributed by atoms with E-state index in [1.165, 1.54) is 32.8 Å². The van der Waals surface area contributed by atoms with Crippen molar-refractivity contribution in [2.75, 3.05) is 14.2 Å². The lowest BCUT2D eigenvalue weighted by atomic mass is 10.8. The van der Waals surface area contributed by atoms with Crippen molar-refractivity contribution in [3.8, 4) is 0 Å². The molecule has 1 heterocycles. The zero-order chi connectivity index (χ0) is 9.03. The smallest absolute Gasteiger partial charge is 0.307 e. The first-order chi connectivity index (χ1) is 5.73. The van der Waals surface area contributed by atoms with E-state index >= 15 is 0 Å². The molecule has 0 spiro atoms. The van der Waals surface area contributed by atoms with E-state index in [2.05, 4.69) is 9.97 Å². The maximum absolute atomic E-state index is 11.6. The Balaban J connectivity index is 3.04. The number of aromatic nitrogens is 2. The largest absolute Gasteiger partial charge is 0.380 e. The van der Waals surface area contributed by atoms with E-state index in [0.29, 0.717) is 0 Å². The van der Waals surface area contributed by atoms with Crippen LogP contribution in [0.15, 0.2) is 18.6 Å². The number of nitrogens with zero attached hydrogens (tertiary/aromatic N) is 2. The molecule has 0 fully saturated rings. The molecule has 0 aliphatic carbocycles. The summed E-state index contributed by atoms with van der Waals surface area (Å²) in [6, 6.07) is 0. The number of rotatable bonds is 3. The van der Waals surface area contributed by atoms with Crippen molar-refractivity contribution in [2.45, 2.75) is 0 Å². The molecular formula is C6H9N2O3P. The van der Waals surface area contributed by atoms with E-state index in [9.17, 15) is 4.57 Å². The highest BCUT2D eigenvalue weighted by atomic mass is 31.2. The van der Waals surface area contributed by atoms with Gasteiger partial charge in [-0.3, -0.25) is 9.55 Å². The van der Waals surface area contributed by atoms with Gasteiger partial charge in [-0.15, -0.1) is 0 Å². The van der Waals surface area contributed by atoms with E-state index in [-0.39, 0.29) is 5.44 Å². The van der Waals surface area contributed by atoms with Gasteiger partial charge in [0.05, 0.1) is 6.20 Å². The van der Waals surface area contributed by atoms with Crippen LogP contribution in [0.3, 0.4) is 0 Å². The van der Waals surface area contributed by atoms with Crippen LogP contribution in [0.25, 0.3) is 0 Å². The van der Waals surface area contributed by atoms with Crippen molar-refractivity contribution in [1.82, 2.24) is 9.97 Å². The third kappa shape index (κ3) is 1.69. The molecule has 12 heavy (non-hydrogen) atoms. The second-order valence-electron chi connectivity index (χ2n) is 1.93. The molecule has 0 N–H and O–H groups in total. The summed E-state index contributed by atoms with van der Waals surface area (Å²) in [5.74, 6) is 0.